The van der Waals surface area contributed by atoms with E-state index in [1.807, 2.05) is 31.1 Å². The molecule has 6 heteroatoms. The Morgan fingerprint density at radius 3 is 2.55 bits per heavy atom. The number of nitrogens with zero attached hydrogens (tertiary/aromatic N) is 2. The second-order valence-electron chi connectivity index (χ2n) is 5.54. The van der Waals surface area contributed by atoms with Gasteiger partial charge in [-0.1, -0.05) is 13.8 Å². The summed E-state index contributed by atoms with van der Waals surface area (Å²) in [6, 6.07) is 0. The maximum absolute atomic E-state index is 12.1. The van der Waals surface area contributed by atoms with E-state index >= 15 is 0 Å². The van der Waals surface area contributed by atoms with Crippen molar-refractivity contribution in [2.45, 2.75) is 33.6 Å². The Morgan fingerprint density at radius 1 is 1.40 bits per heavy atom. The number of rotatable bonds is 3. The largest absolute Gasteiger partial charge is 0.342 e. The summed E-state index contributed by atoms with van der Waals surface area (Å²) in [5.74, 6) is 0.212. The molecule has 0 saturated carbocycles. The molecule has 1 aromatic rings. The molecule has 0 aromatic carbocycles. The topological polar surface area (TPSA) is 62.3 Å². The molecule has 1 saturated heterocycles. The van der Waals surface area contributed by atoms with Crippen molar-refractivity contribution in [3.8, 4) is 0 Å². The zero-order chi connectivity index (χ0) is 14.7. The van der Waals surface area contributed by atoms with Crippen molar-refractivity contribution in [1.82, 2.24) is 9.88 Å². The predicted molar refractivity (Wildman–Crippen MR) is 79.6 cm³/mol. The molecular formula is C14H21N3O2S. The highest BCUT2D eigenvalue weighted by Gasteiger charge is 2.28. The quantitative estimate of drug-likeness (QED) is 0.930. The first kappa shape index (κ1) is 15.0. The molecule has 1 fully saturated rings. The number of hydrogen-bond acceptors (Lipinski definition) is 4. The SMILES string of the molecule is Cc1csc(NC(=O)C2CCN(C(=O)C(C)C)CC2)n1. The van der Waals surface area contributed by atoms with Gasteiger partial charge in [-0.3, -0.25) is 9.59 Å². The summed E-state index contributed by atoms with van der Waals surface area (Å²) < 4.78 is 0. The van der Waals surface area contributed by atoms with Gasteiger partial charge in [0, 0.05) is 30.3 Å². The van der Waals surface area contributed by atoms with Crippen LogP contribution in [0.4, 0.5) is 5.13 Å². The third-order valence-corrected chi connectivity index (χ3v) is 4.40. The third-order valence-electron chi connectivity index (χ3n) is 3.52. The van der Waals surface area contributed by atoms with Crippen molar-refractivity contribution in [1.29, 1.82) is 0 Å². The molecule has 110 valence electrons. The Morgan fingerprint density at radius 2 is 2.05 bits per heavy atom. The van der Waals surface area contributed by atoms with Gasteiger partial charge in [-0.15, -0.1) is 11.3 Å². The van der Waals surface area contributed by atoms with E-state index in [-0.39, 0.29) is 23.7 Å². The van der Waals surface area contributed by atoms with Crippen LogP contribution >= 0.6 is 11.3 Å². The highest BCUT2D eigenvalue weighted by molar-refractivity contribution is 7.13. The van der Waals surface area contributed by atoms with E-state index in [0.29, 0.717) is 18.2 Å². The Labute approximate surface area is 123 Å². The lowest BCUT2D eigenvalue weighted by Crippen LogP contribution is -2.43. The highest BCUT2D eigenvalue weighted by atomic mass is 32.1. The number of aryl methyl sites for hydroxylation is 1. The van der Waals surface area contributed by atoms with Gasteiger partial charge in [-0.2, -0.15) is 0 Å². The van der Waals surface area contributed by atoms with Gasteiger partial charge in [-0.25, -0.2) is 4.98 Å². The minimum atomic E-state index is -0.0181. The summed E-state index contributed by atoms with van der Waals surface area (Å²) in [6.07, 6.45) is 1.46. The highest BCUT2D eigenvalue weighted by Crippen LogP contribution is 2.22. The van der Waals surface area contributed by atoms with Gasteiger partial charge in [0.1, 0.15) is 0 Å². The molecule has 0 bridgehead atoms. The zero-order valence-corrected chi connectivity index (χ0v) is 13.0. The molecule has 2 rings (SSSR count). The number of thiazole rings is 1. The molecule has 2 amide bonds. The second-order valence-corrected chi connectivity index (χ2v) is 6.40. The van der Waals surface area contributed by atoms with Crippen LogP contribution in [0.5, 0.6) is 0 Å². The van der Waals surface area contributed by atoms with Crippen LogP contribution in [0.15, 0.2) is 5.38 Å². The van der Waals surface area contributed by atoms with E-state index < -0.39 is 0 Å². The number of carbonyl (C=O) groups is 2. The molecule has 1 aromatic heterocycles. The van der Waals surface area contributed by atoms with E-state index in [1.165, 1.54) is 11.3 Å². The smallest absolute Gasteiger partial charge is 0.229 e. The molecule has 1 aliphatic heterocycles. The van der Waals surface area contributed by atoms with E-state index in [9.17, 15) is 9.59 Å². The summed E-state index contributed by atoms with van der Waals surface area (Å²) in [4.78, 5) is 30.1. The number of anilines is 1. The van der Waals surface area contributed by atoms with Gasteiger partial charge in [0.25, 0.3) is 0 Å². The molecule has 0 radical (unpaired) electrons. The third kappa shape index (κ3) is 3.56. The van der Waals surface area contributed by atoms with Gasteiger partial charge < -0.3 is 10.2 Å². The van der Waals surface area contributed by atoms with Crippen molar-refractivity contribution in [2.75, 3.05) is 18.4 Å². The molecule has 2 heterocycles. The molecule has 0 spiro atoms. The summed E-state index contributed by atoms with van der Waals surface area (Å²) in [5.41, 5.74) is 0.919. The van der Waals surface area contributed by atoms with Crippen molar-refractivity contribution in [3.05, 3.63) is 11.1 Å². The van der Waals surface area contributed by atoms with E-state index in [2.05, 4.69) is 10.3 Å². The minimum Gasteiger partial charge on any atom is -0.342 e. The van der Waals surface area contributed by atoms with Crippen LogP contribution in [0, 0.1) is 18.8 Å². The molecule has 0 unspecified atom stereocenters. The summed E-state index contributed by atoms with van der Waals surface area (Å²) >= 11 is 1.44. The van der Waals surface area contributed by atoms with Crippen LogP contribution in [0.3, 0.4) is 0 Å². The van der Waals surface area contributed by atoms with Crippen LogP contribution in [-0.4, -0.2) is 34.8 Å². The summed E-state index contributed by atoms with van der Waals surface area (Å²) in [5, 5.41) is 5.44. The number of piperidine rings is 1. The van der Waals surface area contributed by atoms with E-state index in [1.54, 1.807) is 0 Å². The Hall–Kier alpha value is -1.43. The lowest BCUT2D eigenvalue weighted by molar-refractivity contribution is -0.137. The van der Waals surface area contributed by atoms with Crippen molar-refractivity contribution in [2.24, 2.45) is 11.8 Å². The van der Waals surface area contributed by atoms with E-state index in [4.69, 9.17) is 0 Å². The van der Waals surface area contributed by atoms with Crippen molar-refractivity contribution in [3.63, 3.8) is 0 Å². The molecule has 5 nitrogen and oxygen atoms in total. The number of carbonyl (C=O) groups excluding carboxylic acids is 2. The number of amides is 2. The van der Waals surface area contributed by atoms with Crippen LogP contribution < -0.4 is 5.32 Å². The van der Waals surface area contributed by atoms with Gasteiger partial charge in [0.15, 0.2) is 5.13 Å². The molecule has 20 heavy (non-hydrogen) atoms. The average Bonchev–Trinajstić information content (AvgIpc) is 2.83. The summed E-state index contributed by atoms with van der Waals surface area (Å²) in [6.45, 7) is 7.07. The number of likely N-dealkylation sites (tertiary alicyclic amines) is 1. The fraction of sp³-hybridized carbons (Fsp3) is 0.643. The number of nitrogens with one attached hydrogen (secondary N) is 1. The lowest BCUT2D eigenvalue weighted by atomic mass is 9.95. The predicted octanol–water partition coefficient (Wildman–Crippen LogP) is 2.28. The Kier molecular flexibility index (Phi) is 4.75. The molecule has 1 aliphatic rings. The van der Waals surface area contributed by atoms with Crippen LogP contribution in [0.25, 0.3) is 0 Å². The standard InChI is InChI=1S/C14H21N3O2S/c1-9(2)13(19)17-6-4-11(5-7-17)12(18)16-14-15-10(3)8-20-14/h8-9,11H,4-7H2,1-3H3,(H,15,16,18). The molecule has 1 N–H and O–H groups in total. The minimum absolute atomic E-state index is 0.0181. The fourth-order valence-corrected chi connectivity index (χ4v) is 3.04. The normalized spacial score (nSPS) is 16.5. The van der Waals surface area contributed by atoms with Gasteiger partial charge in [-0.05, 0) is 19.8 Å². The van der Waals surface area contributed by atoms with Crippen LogP contribution in [0.2, 0.25) is 0 Å². The van der Waals surface area contributed by atoms with Gasteiger partial charge >= 0.3 is 0 Å². The van der Waals surface area contributed by atoms with E-state index in [0.717, 1.165) is 18.5 Å². The molecule has 0 atom stereocenters. The molecular weight excluding hydrogens is 274 g/mol. The summed E-state index contributed by atoms with van der Waals surface area (Å²) in [7, 11) is 0. The fourth-order valence-electron chi connectivity index (χ4n) is 2.35. The maximum Gasteiger partial charge on any atom is 0.229 e. The van der Waals surface area contributed by atoms with Crippen molar-refractivity contribution < 1.29 is 9.59 Å². The first-order valence-electron chi connectivity index (χ1n) is 6.99. The number of aromatic nitrogens is 1. The Balaban J connectivity index is 1.84. The van der Waals surface area contributed by atoms with Crippen molar-refractivity contribution >= 4 is 28.3 Å². The zero-order valence-electron chi connectivity index (χ0n) is 12.2. The first-order chi connectivity index (χ1) is 9.47. The maximum atomic E-state index is 12.1. The Bertz CT molecular complexity index is 490. The van der Waals surface area contributed by atoms with Crippen LogP contribution in [-0.2, 0) is 9.59 Å². The van der Waals surface area contributed by atoms with Crippen LogP contribution in [0.1, 0.15) is 32.4 Å². The van der Waals surface area contributed by atoms with Gasteiger partial charge in [0.2, 0.25) is 11.8 Å². The first-order valence-corrected chi connectivity index (χ1v) is 7.87. The lowest BCUT2D eigenvalue weighted by Gasteiger charge is -2.32. The average molecular weight is 295 g/mol. The second kappa shape index (κ2) is 6.35. The van der Waals surface area contributed by atoms with Gasteiger partial charge in [0.05, 0.1) is 5.69 Å². The molecule has 0 aliphatic carbocycles. The number of hydrogen-bond donors (Lipinski definition) is 1. The monoisotopic (exact) mass is 295 g/mol.